The molecule has 1 amide bonds. The van der Waals surface area contributed by atoms with E-state index in [4.69, 9.17) is 5.73 Å². The maximum absolute atomic E-state index is 12.4. The second-order valence-corrected chi connectivity index (χ2v) is 8.85. The summed E-state index contributed by atoms with van der Waals surface area (Å²) in [5.74, 6) is -0.264. The van der Waals surface area contributed by atoms with Gasteiger partial charge in [-0.15, -0.1) is 0 Å². The van der Waals surface area contributed by atoms with Crippen molar-refractivity contribution in [3.63, 3.8) is 0 Å². The zero-order valence-electron chi connectivity index (χ0n) is 16.2. The molecule has 0 unspecified atom stereocenters. The van der Waals surface area contributed by atoms with Crippen molar-refractivity contribution >= 4 is 33.3 Å². The molecule has 1 aromatic carbocycles. The van der Waals surface area contributed by atoms with Crippen molar-refractivity contribution in [3.05, 3.63) is 47.8 Å². The molecular formula is C20H22N4O4S. The highest BCUT2D eigenvalue weighted by Gasteiger charge is 2.20. The monoisotopic (exact) mass is 414 g/mol. The summed E-state index contributed by atoms with van der Waals surface area (Å²) < 4.78 is 23.6. The molecular weight excluding hydrogens is 392 g/mol. The van der Waals surface area contributed by atoms with Crippen LogP contribution in [0.4, 0.5) is 5.69 Å². The Morgan fingerprint density at radius 1 is 1.24 bits per heavy atom. The third-order valence-electron chi connectivity index (χ3n) is 4.41. The highest BCUT2D eigenvalue weighted by atomic mass is 32.2. The molecule has 0 atom stereocenters. The van der Waals surface area contributed by atoms with Gasteiger partial charge in [-0.25, -0.2) is 18.5 Å². The van der Waals surface area contributed by atoms with Crippen LogP contribution in [-0.2, 0) is 14.6 Å². The van der Waals surface area contributed by atoms with Crippen LogP contribution >= 0.6 is 0 Å². The molecule has 2 aromatic rings. The number of carbonyl (C=O) groups is 1. The van der Waals surface area contributed by atoms with Crippen LogP contribution in [0.15, 0.2) is 52.1 Å². The molecule has 0 saturated carbocycles. The molecule has 9 heteroatoms. The number of fused-ring (bicyclic) bond motifs is 1. The topological polar surface area (TPSA) is 126 Å². The molecule has 3 rings (SSSR count). The van der Waals surface area contributed by atoms with Crippen molar-refractivity contribution in [2.24, 2.45) is 10.7 Å². The van der Waals surface area contributed by atoms with E-state index in [0.717, 1.165) is 11.8 Å². The zero-order chi connectivity index (χ0) is 21.2. The van der Waals surface area contributed by atoms with Gasteiger partial charge in [0.05, 0.1) is 10.6 Å². The molecule has 3 N–H and O–H groups in total. The van der Waals surface area contributed by atoms with Gasteiger partial charge < -0.3 is 5.73 Å². The predicted molar refractivity (Wildman–Crippen MR) is 110 cm³/mol. The van der Waals surface area contributed by atoms with Crippen LogP contribution in [0.5, 0.6) is 0 Å². The SMILES string of the molecule is CCCN(O)C(=O)C1=Cc2ccc(-c3cncc(S(C)(=O)=O)c3)cc2N=C(N)C1. The summed E-state index contributed by atoms with van der Waals surface area (Å²) in [5, 5.41) is 10.6. The van der Waals surface area contributed by atoms with Crippen LogP contribution < -0.4 is 5.73 Å². The van der Waals surface area contributed by atoms with Gasteiger partial charge in [0.15, 0.2) is 9.84 Å². The summed E-state index contributed by atoms with van der Waals surface area (Å²) in [6, 6.07) is 6.87. The number of hydroxylamine groups is 2. The number of carbonyl (C=O) groups excluding carboxylic acids is 1. The predicted octanol–water partition coefficient (Wildman–Crippen LogP) is 2.56. The van der Waals surface area contributed by atoms with Crippen molar-refractivity contribution in [1.29, 1.82) is 0 Å². The number of amides is 1. The first-order chi connectivity index (χ1) is 13.7. The number of aliphatic imine (C=N–C) groups is 1. The van der Waals surface area contributed by atoms with Crippen LogP contribution in [0, 0.1) is 0 Å². The van der Waals surface area contributed by atoms with E-state index in [9.17, 15) is 18.4 Å². The molecule has 0 spiro atoms. The third-order valence-corrected chi connectivity index (χ3v) is 5.49. The molecule has 0 fully saturated rings. The Labute approximate surface area is 169 Å². The Hall–Kier alpha value is -3.04. The van der Waals surface area contributed by atoms with E-state index >= 15 is 0 Å². The van der Waals surface area contributed by atoms with Gasteiger partial charge in [-0.1, -0.05) is 19.1 Å². The van der Waals surface area contributed by atoms with Gasteiger partial charge in [-0.05, 0) is 30.2 Å². The second kappa shape index (κ2) is 8.14. The minimum Gasteiger partial charge on any atom is -0.387 e. The van der Waals surface area contributed by atoms with Crippen molar-refractivity contribution in [3.8, 4) is 11.1 Å². The van der Waals surface area contributed by atoms with E-state index in [-0.39, 0.29) is 23.7 Å². The fraction of sp³-hybridized carbons (Fsp3) is 0.250. The largest absolute Gasteiger partial charge is 0.387 e. The molecule has 0 bridgehead atoms. The number of amidine groups is 1. The first-order valence-corrected chi connectivity index (χ1v) is 10.9. The number of nitrogens with two attached hydrogens (primary N) is 1. The molecule has 0 saturated heterocycles. The van der Waals surface area contributed by atoms with E-state index in [0.29, 0.717) is 33.9 Å². The van der Waals surface area contributed by atoms with Gasteiger partial charge in [0, 0.05) is 48.3 Å². The van der Waals surface area contributed by atoms with Gasteiger partial charge in [0.2, 0.25) is 0 Å². The molecule has 0 radical (unpaired) electrons. The summed E-state index contributed by atoms with van der Waals surface area (Å²) in [4.78, 5) is 21.0. The fourth-order valence-corrected chi connectivity index (χ4v) is 3.56. The van der Waals surface area contributed by atoms with E-state index in [1.807, 2.05) is 6.92 Å². The van der Waals surface area contributed by atoms with Crippen LogP contribution in [0.3, 0.4) is 0 Å². The Morgan fingerprint density at radius 2 is 2.00 bits per heavy atom. The summed E-state index contributed by atoms with van der Waals surface area (Å²) in [7, 11) is -3.38. The number of pyridine rings is 1. The van der Waals surface area contributed by atoms with Crippen LogP contribution in [-0.4, -0.2) is 48.2 Å². The Morgan fingerprint density at radius 3 is 2.69 bits per heavy atom. The average Bonchev–Trinajstić information content (AvgIpc) is 2.84. The van der Waals surface area contributed by atoms with Crippen molar-refractivity contribution in [2.75, 3.05) is 12.8 Å². The van der Waals surface area contributed by atoms with E-state index < -0.39 is 15.7 Å². The van der Waals surface area contributed by atoms with Gasteiger partial charge in [0.1, 0.15) is 5.84 Å². The van der Waals surface area contributed by atoms with Gasteiger partial charge in [-0.2, -0.15) is 0 Å². The lowest BCUT2D eigenvalue weighted by atomic mass is 10.0. The summed E-state index contributed by atoms with van der Waals surface area (Å²) >= 11 is 0. The number of hydrogen-bond acceptors (Lipinski definition) is 7. The van der Waals surface area contributed by atoms with E-state index in [1.54, 1.807) is 36.5 Å². The maximum Gasteiger partial charge on any atom is 0.273 e. The molecule has 1 aliphatic rings. The Balaban J connectivity index is 2.02. The molecule has 1 aliphatic heterocycles. The highest BCUT2D eigenvalue weighted by Crippen LogP contribution is 2.32. The molecule has 8 nitrogen and oxygen atoms in total. The molecule has 152 valence electrons. The van der Waals surface area contributed by atoms with Crippen molar-refractivity contribution in [2.45, 2.75) is 24.7 Å². The second-order valence-electron chi connectivity index (χ2n) is 6.83. The smallest absolute Gasteiger partial charge is 0.273 e. The zero-order valence-corrected chi connectivity index (χ0v) is 17.0. The van der Waals surface area contributed by atoms with Gasteiger partial charge in [-0.3, -0.25) is 15.0 Å². The van der Waals surface area contributed by atoms with Crippen molar-refractivity contribution in [1.82, 2.24) is 10.0 Å². The Kier molecular flexibility index (Phi) is 5.81. The number of benzene rings is 1. The van der Waals surface area contributed by atoms with Gasteiger partial charge >= 0.3 is 0 Å². The molecule has 2 heterocycles. The Bertz CT molecular complexity index is 1120. The summed E-state index contributed by atoms with van der Waals surface area (Å²) in [6.45, 7) is 2.08. The van der Waals surface area contributed by atoms with E-state index in [1.165, 1.54) is 6.20 Å². The van der Waals surface area contributed by atoms with Gasteiger partial charge in [0.25, 0.3) is 5.91 Å². The minimum atomic E-state index is -3.38. The molecule has 29 heavy (non-hydrogen) atoms. The fourth-order valence-electron chi connectivity index (χ4n) is 2.97. The first kappa shape index (κ1) is 20.7. The van der Waals surface area contributed by atoms with Crippen LogP contribution in [0.1, 0.15) is 25.3 Å². The number of hydrogen-bond donors (Lipinski definition) is 2. The lowest BCUT2D eigenvalue weighted by Gasteiger charge is -2.15. The first-order valence-electron chi connectivity index (χ1n) is 9.03. The number of aromatic nitrogens is 1. The number of sulfone groups is 1. The third kappa shape index (κ3) is 4.69. The summed E-state index contributed by atoms with van der Waals surface area (Å²) in [6.07, 6.45) is 6.40. The summed E-state index contributed by atoms with van der Waals surface area (Å²) in [5.41, 5.74) is 8.90. The average molecular weight is 414 g/mol. The molecule has 0 aliphatic carbocycles. The quantitative estimate of drug-likeness (QED) is 0.572. The lowest BCUT2D eigenvalue weighted by molar-refractivity contribution is -0.160. The lowest BCUT2D eigenvalue weighted by Crippen LogP contribution is -2.30. The highest BCUT2D eigenvalue weighted by molar-refractivity contribution is 7.90. The normalized spacial score (nSPS) is 13.8. The number of nitrogens with zero attached hydrogens (tertiary/aromatic N) is 3. The maximum atomic E-state index is 12.4. The van der Waals surface area contributed by atoms with Crippen molar-refractivity contribution < 1.29 is 18.4 Å². The number of rotatable bonds is 5. The minimum absolute atomic E-state index is 0.120. The standard InChI is InChI=1S/C20H22N4O4S/c1-3-6-24(26)20(25)15-7-14-5-4-13(9-18(14)23-19(21)10-15)16-8-17(12-22-11-16)29(2,27)28/h4-5,7-9,11-12,26H,3,6,10H2,1-2H3,(H2,21,23). The van der Waals surface area contributed by atoms with E-state index in [2.05, 4.69) is 9.98 Å². The molecule has 1 aromatic heterocycles. The van der Waals surface area contributed by atoms with Crippen LogP contribution in [0.2, 0.25) is 0 Å². The van der Waals surface area contributed by atoms with Crippen LogP contribution in [0.25, 0.3) is 17.2 Å².